The van der Waals surface area contributed by atoms with Crippen LogP contribution in [-0.4, -0.2) is 44.5 Å². The Hall–Kier alpha value is -3.56. The predicted molar refractivity (Wildman–Crippen MR) is 127 cm³/mol. The van der Waals surface area contributed by atoms with Crippen LogP contribution in [0.15, 0.2) is 36.8 Å². The Balaban J connectivity index is 1.70. The van der Waals surface area contributed by atoms with Crippen LogP contribution in [0.4, 0.5) is 17.1 Å². The third-order valence-electron chi connectivity index (χ3n) is 4.83. The molecule has 3 heterocycles. The predicted octanol–water partition coefficient (Wildman–Crippen LogP) is 1.10. The molecule has 0 radical (unpaired) electrons. The molecule has 12 heteroatoms. The summed E-state index contributed by atoms with van der Waals surface area (Å²) >= 11 is 0. The van der Waals surface area contributed by atoms with Crippen molar-refractivity contribution in [3.05, 3.63) is 53.9 Å². The molecule has 11 nitrogen and oxygen atoms in total. The highest BCUT2D eigenvalue weighted by Crippen LogP contribution is 2.19. The average molecular weight is 458 g/mol. The second-order valence-electron chi connectivity index (χ2n) is 7.27. The van der Waals surface area contributed by atoms with Gasteiger partial charge in [0.1, 0.15) is 17.1 Å². The van der Waals surface area contributed by atoms with E-state index >= 15 is 0 Å². The first-order chi connectivity index (χ1) is 15.2. The standard InChI is InChI=1S/C20H27N8O3P/c1-26-9-12(6-15(26)18(29)22-5-4-21)23-19(30)16-7-13(10-27(16)2)24-20(31)17-8-14(25-32)11-28(17)3/h6-11,25H,4-5,21,32H2,1-3H3,(H,22,29)(H,23,30)(H,24,31). The molecule has 3 amide bonds. The molecular weight excluding hydrogens is 431 g/mol. The van der Waals surface area contributed by atoms with E-state index in [9.17, 15) is 14.4 Å². The third kappa shape index (κ3) is 5.01. The Labute approximate surface area is 187 Å². The van der Waals surface area contributed by atoms with E-state index in [0.717, 1.165) is 5.69 Å². The molecule has 1 atom stereocenters. The lowest BCUT2D eigenvalue weighted by atomic mass is 10.3. The van der Waals surface area contributed by atoms with Gasteiger partial charge in [-0.3, -0.25) is 14.4 Å². The van der Waals surface area contributed by atoms with Crippen LogP contribution in [0.1, 0.15) is 31.5 Å². The molecule has 6 N–H and O–H groups in total. The molecule has 0 aliphatic rings. The fourth-order valence-electron chi connectivity index (χ4n) is 3.25. The van der Waals surface area contributed by atoms with Crippen LogP contribution in [0.2, 0.25) is 0 Å². The van der Waals surface area contributed by atoms with E-state index in [2.05, 4.69) is 30.4 Å². The number of rotatable bonds is 8. The lowest BCUT2D eigenvalue weighted by molar-refractivity contribution is 0.0945. The lowest BCUT2D eigenvalue weighted by Gasteiger charge is -2.03. The number of aromatic nitrogens is 3. The zero-order chi connectivity index (χ0) is 23.4. The number of aryl methyl sites for hydroxylation is 3. The van der Waals surface area contributed by atoms with E-state index < -0.39 is 0 Å². The topological polar surface area (TPSA) is 140 Å². The minimum atomic E-state index is -0.374. The van der Waals surface area contributed by atoms with Gasteiger partial charge in [-0.25, -0.2) is 0 Å². The van der Waals surface area contributed by atoms with Crippen LogP contribution in [0.3, 0.4) is 0 Å². The minimum Gasteiger partial charge on any atom is -0.368 e. The number of hydrogen-bond donors (Lipinski definition) is 5. The monoisotopic (exact) mass is 458 g/mol. The van der Waals surface area contributed by atoms with Gasteiger partial charge in [-0.1, -0.05) is 0 Å². The summed E-state index contributed by atoms with van der Waals surface area (Å²) in [4.78, 5) is 37.5. The number of amides is 3. The lowest BCUT2D eigenvalue weighted by Crippen LogP contribution is -2.30. The summed E-state index contributed by atoms with van der Waals surface area (Å²) in [7, 11) is 7.57. The first kappa shape index (κ1) is 23.1. The molecule has 0 saturated carbocycles. The zero-order valence-corrected chi connectivity index (χ0v) is 19.3. The quantitative estimate of drug-likeness (QED) is 0.322. The highest BCUT2D eigenvalue weighted by molar-refractivity contribution is 7.18. The highest BCUT2D eigenvalue weighted by atomic mass is 31.0. The fraction of sp³-hybridized carbons (Fsp3) is 0.250. The van der Waals surface area contributed by atoms with Crippen molar-refractivity contribution in [2.45, 2.75) is 0 Å². The molecule has 0 saturated heterocycles. The van der Waals surface area contributed by atoms with Gasteiger partial charge in [-0.2, -0.15) is 0 Å². The van der Waals surface area contributed by atoms with E-state index in [0.29, 0.717) is 41.5 Å². The number of nitrogens with one attached hydrogen (secondary N) is 4. The maximum Gasteiger partial charge on any atom is 0.272 e. The van der Waals surface area contributed by atoms with Gasteiger partial charge in [0.05, 0.1) is 17.1 Å². The number of carbonyl (C=O) groups is 3. The van der Waals surface area contributed by atoms with Crippen LogP contribution in [-0.2, 0) is 21.1 Å². The number of carbonyl (C=O) groups excluding carboxylic acids is 3. The maximum atomic E-state index is 12.8. The van der Waals surface area contributed by atoms with Crippen LogP contribution in [0.25, 0.3) is 0 Å². The van der Waals surface area contributed by atoms with Gasteiger partial charge in [0.25, 0.3) is 17.7 Å². The Morgan fingerprint density at radius 2 is 1.19 bits per heavy atom. The van der Waals surface area contributed by atoms with Gasteiger partial charge in [0, 0.05) is 52.8 Å². The maximum absolute atomic E-state index is 12.8. The summed E-state index contributed by atoms with van der Waals surface area (Å²) in [5, 5.41) is 11.2. The van der Waals surface area contributed by atoms with E-state index in [4.69, 9.17) is 5.73 Å². The van der Waals surface area contributed by atoms with Crippen molar-refractivity contribution in [2.75, 3.05) is 28.8 Å². The molecule has 3 aromatic heterocycles. The van der Waals surface area contributed by atoms with Crippen LogP contribution >= 0.6 is 9.39 Å². The molecule has 0 spiro atoms. The Morgan fingerprint density at radius 1 is 0.781 bits per heavy atom. The molecule has 0 aliphatic heterocycles. The second-order valence-corrected chi connectivity index (χ2v) is 7.56. The van der Waals surface area contributed by atoms with Crippen LogP contribution in [0, 0.1) is 0 Å². The Bertz CT molecular complexity index is 1160. The molecule has 0 bridgehead atoms. The average Bonchev–Trinajstić information content (AvgIpc) is 3.42. The first-order valence-electron chi connectivity index (χ1n) is 9.80. The van der Waals surface area contributed by atoms with Crippen molar-refractivity contribution < 1.29 is 14.4 Å². The van der Waals surface area contributed by atoms with Crippen LogP contribution in [0.5, 0.6) is 0 Å². The van der Waals surface area contributed by atoms with Crippen molar-refractivity contribution in [3.63, 3.8) is 0 Å². The zero-order valence-electron chi connectivity index (χ0n) is 18.1. The summed E-state index contributed by atoms with van der Waals surface area (Å²) in [6.07, 6.45) is 5.09. The molecule has 170 valence electrons. The second kappa shape index (κ2) is 9.71. The molecule has 0 fully saturated rings. The molecule has 1 unspecified atom stereocenters. The normalized spacial score (nSPS) is 10.7. The van der Waals surface area contributed by atoms with E-state index in [1.165, 1.54) is 0 Å². The van der Waals surface area contributed by atoms with Gasteiger partial charge in [0.2, 0.25) is 0 Å². The van der Waals surface area contributed by atoms with E-state index in [1.54, 1.807) is 71.6 Å². The Kier molecular flexibility index (Phi) is 7.01. The molecule has 0 aromatic carbocycles. The summed E-state index contributed by atoms with van der Waals surface area (Å²) in [6, 6.07) is 4.89. The van der Waals surface area contributed by atoms with E-state index in [1.807, 2.05) is 0 Å². The molecular formula is C20H27N8O3P. The number of hydrogen-bond acceptors (Lipinski definition) is 5. The summed E-state index contributed by atoms with van der Waals surface area (Å²) in [5.74, 6) is -0.948. The van der Waals surface area contributed by atoms with E-state index in [-0.39, 0.29) is 17.7 Å². The van der Waals surface area contributed by atoms with Gasteiger partial charge in [-0.15, -0.1) is 0 Å². The minimum absolute atomic E-state index is 0.275. The van der Waals surface area contributed by atoms with Gasteiger partial charge >= 0.3 is 0 Å². The smallest absolute Gasteiger partial charge is 0.272 e. The largest absolute Gasteiger partial charge is 0.368 e. The van der Waals surface area contributed by atoms with Gasteiger partial charge in [-0.05, 0) is 27.6 Å². The highest BCUT2D eigenvalue weighted by Gasteiger charge is 2.18. The van der Waals surface area contributed by atoms with Gasteiger partial charge < -0.3 is 40.5 Å². The summed E-state index contributed by atoms with van der Waals surface area (Å²) < 4.78 is 4.94. The molecule has 32 heavy (non-hydrogen) atoms. The van der Waals surface area contributed by atoms with Crippen molar-refractivity contribution in [1.29, 1.82) is 0 Å². The molecule has 3 rings (SSSR count). The fourth-order valence-corrected chi connectivity index (χ4v) is 3.41. The first-order valence-corrected chi connectivity index (χ1v) is 10.4. The third-order valence-corrected chi connectivity index (χ3v) is 5.16. The van der Waals surface area contributed by atoms with Gasteiger partial charge in [0.15, 0.2) is 0 Å². The van der Waals surface area contributed by atoms with Crippen molar-refractivity contribution in [2.24, 2.45) is 26.9 Å². The summed E-state index contributed by atoms with van der Waals surface area (Å²) in [5.41, 5.74) is 8.37. The SMILES string of the molecule is Cn1cc(NC(=O)c2cc(NC(=O)c3cc(NP)cn3C)cn2C)cc1C(=O)NCCN. The molecule has 0 aliphatic carbocycles. The van der Waals surface area contributed by atoms with Crippen molar-refractivity contribution >= 4 is 44.2 Å². The summed E-state index contributed by atoms with van der Waals surface area (Å²) in [6.45, 7) is 0.702. The Morgan fingerprint density at radius 3 is 1.59 bits per heavy atom. The number of nitrogens with zero attached hydrogens (tertiary/aromatic N) is 3. The number of nitrogens with two attached hydrogens (primary N) is 1. The number of anilines is 3. The van der Waals surface area contributed by atoms with Crippen LogP contribution < -0.4 is 26.8 Å². The van der Waals surface area contributed by atoms with Crippen molar-refractivity contribution in [3.8, 4) is 0 Å². The van der Waals surface area contributed by atoms with Crippen molar-refractivity contribution in [1.82, 2.24) is 19.0 Å². The molecule has 3 aromatic rings.